The fourth-order valence-electron chi connectivity index (χ4n) is 7.74. The van der Waals surface area contributed by atoms with Gasteiger partial charge in [-0.25, -0.2) is 0 Å². The van der Waals surface area contributed by atoms with Gasteiger partial charge in [0.25, 0.3) is 0 Å². The molecule has 0 unspecified atom stereocenters. The highest BCUT2D eigenvalue weighted by Crippen LogP contribution is 2.53. The molecule has 13 heteroatoms. The molecule has 2 amide bonds. The number of amides is 2. The van der Waals surface area contributed by atoms with E-state index in [-0.39, 0.29) is 24.9 Å². The van der Waals surface area contributed by atoms with Gasteiger partial charge in [0.2, 0.25) is 11.8 Å². The molecule has 0 aromatic heterocycles. The topological polar surface area (TPSA) is 150 Å². The van der Waals surface area contributed by atoms with Crippen LogP contribution in [0, 0.1) is 17.8 Å². The second-order valence-electron chi connectivity index (χ2n) is 12.9. The molecule has 1 N–H and O–H groups in total. The van der Waals surface area contributed by atoms with Crippen LogP contribution in [0.4, 0.5) is 0 Å². The maximum Gasteiger partial charge on any atom is 0.303 e. The first-order chi connectivity index (χ1) is 20.1. The van der Waals surface area contributed by atoms with Crippen molar-refractivity contribution in [3.8, 4) is 0 Å². The molecule has 10 atom stereocenters. The van der Waals surface area contributed by atoms with Crippen LogP contribution < -0.4 is 5.32 Å². The lowest BCUT2D eigenvalue weighted by molar-refractivity contribution is -0.272. The molecule has 1 aliphatic carbocycles. The van der Waals surface area contributed by atoms with E-state index in [1.165, 1.54) is 27.7 Å². The summed E-state index contributed by atoms with van der Waals surface area (Å²) >= 11 is 0. The molecule has 4 fully saturated rings. The molecule has 1 spiro atoms. The van der Waals surface area contributed by atoms with Crippen LogP contribution in [0.3, 0.4) is 0 Å². The Labute approximate surface area is 253 Å². The van der Waals surface area contributed by atoms with Crippen molar-refractivity contribution < 1.29 is 47.8 Å². The highest BCUT2D eigenvalue weighted by atomic mass is 16.7. The quantitative estimate of drug-likeness (QED) is 0.316. The minimum Gasteiger partial charge on any atom is -0.463 e. The molecule has 3 heterocycles. The summed E-state index contributed by atoms with van der Waals surface area (Å²) in [6, 6.07) is -1.37. The molecule has 0 aromatic rings. The average Bonchev–Trinajstić information content (AvgIpc) is 3.39. The van der Waals surface area contributed by atoms with Gasteiger partial charge in [0.15, 0.2) is 12.2 Å². The highest BCUT2D eigenvalue weighted by Gasteiger charge is 2.65. The first-order valence-corrected chi connectivity index (χ1v) is 15.3. The molecule has 0 aromatic carbocycles. The lowest BCUT2D eigenvalue weighted by Crippen LogP contribution is -2.66. The number of hydroxylamine groups is 2. The number of carbonyl (C=O) groups excluding carboxylic acids is 5. The van der Waals surface area contributed by atoms with Crippen molar-refractivity contribution in [2.45, 2.75) is 129 Å². The first-order valence-electron chi connectivity index (χ1n) is 15.3. The lowest BCUT2D eigenvalue weighted by atomic mass is 9.69. The Hall–Kier alpha value is -2.77. The number of carbonyl (C=O) groups is 5. The zero-order valence-electron chi connectivity index (χ0n) is 26.5. The van der Waals surface area contributed by atoms with E-state index in [4.69, 9.17) is 23.8 Å². The minimum atomic E-state index is -1.16. The van der Waals surface area contributed by atoms with E-state index >= 15 is 0 Å². The van der Waals surface area contributed by atoms with Crippen LogP contribution in [-0.4, -0.2) is 102 Å². The van der Waals surface area contributed by atoms with Crippen LogP contribution in [0.2, 0.25) is 0 Å². The van der Waals surface area contributed by atoms with Gasteiger partial charge in [0.1, 0.15) is 24.4 Å². The van der Waals surface area contributed by atoms with Gasteiger partial charge in [0.05, 0.1) is 18.2 Å². The number of nitrogens with zero attached hydrogens (tertiary/aromatic N) is 2. The maximum absolute atomic E-state index is 13.7. The van der Waals surface area contributed by atoms with Crippen molar-refractivity contribution in [1.82, 2.24) is 15.3 Å². The van der Waals surface area contributed by atoms with Gasteiger partial charge in [-0.15, -0.1) is 0 Å². The van der Waals surface area contributed by atoms with Crippen molar-refractivity contribution in [2.75, 3.05) is 13.7 Å². The molecule has 3 aliphatic heterocycles. The Bertz CT molecular complexity index is 1100. The van der Waals surface area contributed by atoms with Gasteiger partial charge in [0, 0.05) is 53.5 Å². The van der Waals surface area contributed by atoms with Crippen molar-refractivity contribution in [3.05, 3.63) is 0 Å². The molecular weight excluding hydrogens is 562 g/mol. The predicted molar refractivity (Wildman–Crippen MR) is 151 cm³/mol. The molecule has 43 heavy (non-hydrogen) atoms. The van der Waals surface area contributed by atoms with Gasteiger partial charge in [-0.05, 0) is 24.7 Å². The average molecular weight is 610 g/mol. The van der Waals surface area contributed by atoms with Gasteiger partial charge in [-0.1, -0.05) is 27.2 Å². The summed E-state index contributed by atoms with van der Waals surface area (Å²) in [7, 11) is 1.88. The van der Waals surface area contributed by atoms with Gasteiger partial charge in [-0.3, -0.25) is 28.8 Å². The monoisotopic (exact) mass is 609 g/mol. The Morgan fingerprint density at radius 2 is 1.65 bits per heavy atom. The maximum atomic E-state index is 13.7. The van der Waals surface area contributed by atoms with Crippen LogP contribution in [0.25, 0.3) is 0 Å². The van der Waals surface area contributed by atoms with E-state index in [9.17, 15) is 24.0 Å². The summed E-state index contributed by atoms with van der Waals surface area (Å²) in [5, 5.41) is 4.74. The normalized spacial score (nSPS) is 37.7. The summed E-state index contributed by atoms with van der Waals surface area (Å²) in [5.74, 6) is -1.28. The molecule has 0 bridgehead atoms. The summed E-state index contributed by atoms with van der Waals surface area (Å²) in [5.41, 5.74) is -0.564. The Morgan fingerprint density at radius 1 is 1.00 bits per heavy atom. The Kier molecular flexibility index (Phi) is 10.1. The van der Waals surface area contributed by atoms with Crippen molar-refractivity contribution >= 4 is 29.7 Å². The Balaban J connectivity index is 1.64. The van der Waals surface area contributed by atoms with Crippen molar-refractivity contribution in [1.29, 1.82) is 0 Å². The summed E-state index contributed by atoms with van der Waals surface area (Å²) in [6.07, 6.45) is -0.994. The van der Waals surface area contributed by atoms with E-state index in [0.29, 0.717) is 18.3 Å². The number of hydrogen-bond acceptors (Lipinski definition) is 11. The molecule has 13 nitrogen and oxygen atoms in total. The van der Waals surface area contributed by atoms with Crippen LogP contribution in [0.5, 0.6) is 0 Å². The van der Waals surface area contributed by atoms with Gasteiger partial charge >= 0.3 is 17.9 Å². The van der Waals surface area contributed by atoms with E-state index in [2.05, 4.69) is 26.1 Å². The van der Waals surface area contributed by atoms with Crippen LogP contribution in [0.1, 0.15) is 80.6 Å². The SMILES string of the molecule is CC(=O)N[C@@H]1[C@@H](OC(C)=O)[C@H](OC(C)=O)[C@@H](COC(C)=O)O[C@@H]1C[C@@H]1C[C@H]2C(=O)N(C)[C@@]3(C[C@H](C)CC[C@H]3C(C)C)N2O1. The Morgan fingerprint density at radius 3 is 2.23 bits per heavy atom. The van der Waals surface area contributed by atoms with Crippen LogP contribution >= 0.6 is 0 Å². The largest absolute Gasteiger partial charge is 0.463 e. The number of ether oxygens (including phenoxy) is 4. The van der Waals surface area contributed by atoms with Gasteiger partial charge in [-0.2, -0.15) is 5.06 Å². The summed E-state index contributed by atoms with van der Waals surface area (Å²) in [4.78, 5) is 70.5. The standard InChI is InChI=1S/C30H47N3O10/c1-15(2)22-10-9-16(3)13-30(22)32(8)29(38)23-11-21(43-33(23)30)12-24-26(31-17(4)34)28(41-20(7)37)27(40-19(6)36)25(42-24)14-39-18(5)35/h15-16,21-28H,9-14H2,1-8H3,(H,31,34)/t16-,21+,22+,23+,24-,25-,26+,27-,28-,30+/m1/s1. The van der Waals surface area contributed by atoms with E-state index < -0.39 is 72.1 Å². The molecule has 4 aliphatic rings. The third-order valence-corrected chi connectivity index (χ3v) is 9.34. The summed E-state index contributed by atoms with van der Waals surface area (Å²) < 4.78 is 22.7. The molecule has 242 valence electrons. The van der Waals surface area contributed by atoms with E-state index in [0.717, 1.165) is 19.3 Å². The number of rotatable bonds is 8. The number of fused-ring (bicyclic) bond motifs is 2. The van der Waals surface area contributed by atoms with Crippen LogP contribution in [0.15, 0.2) is 0 Å². The number of hydrogen-bond donors (Lipinski definition) is 1. The fourth-order valence-corrected chi connectivity index (χ4v) is 7.74. The zero-order valence-corrected chi connectivity index (χ0v) is 26.5. The highest BCUT2D eigenvalue weighted by molar-refractivity contribution is 5.85. The third kappa shape index (κ3) is 6.68. The first kappa shape index (κ1) is 33.1. The minimum absolute atomic E-state index is 0.0191. The molecule has 1 saturated carbocycles. The number of likely N-dealkylation sites (N-methyl/N-ethyl adjacent to an activating group) is 1. The second kappa shape index (κ2) is 13.1. The molecule has 0 radical (unpaired) electrons. The van der Waals surface area contributed by atoms with E-state index in [1.807, 2.05) is 17.0 Å². The number of esters is 3. The van der Waals surface area contributed by atoms with Crippen molar-refractivity contribution in [3.63, 3.8) is 0 Å². The lowest BCUT2D eigenvalue weighted by Gasteiger charge is -2.52. The van der Waals surface area contributed by atoms with Crippen LogP contribution in [-0.2, 0) is 47.8 Å². The smallest absolute Gasteiger partial charge is 0.303 e. The molecule has 4 rings (SSSR count). The van der Waals surface area contributed by atoms with Crippen molar-refractivity contribution in [2.24, 2.45) is 17.8 Å². The summed E-state index contributed by atoms with van der Waals surface area (Å²) in [6.45, 7) is 11.3. The molecular formula is C30H47N3O10. The fraction of sp³-hybridized carbons (Fsp3) is 0.833. The van der Waals surface area contributed by atoms with Gasteiger partial charge < -0.3 is 29.2 Å². The zero-order chi connectivity index (χ0) is 31.8. The number of nitrogens with one attached hydrogen (secondary N) is 1. The molecule has 3 saturated heterocycles. The predicted octanol–water partition coefficient (Wildman–Crippen LogP) is 1.71. The second-order valence-corrected chi connectivity index (χ2v) is 12.9. The van der Waals surface area contributed by atoms with E-state index in [1.54, 1.807) is 0 Å². The third-order valence-electron chi connectivity index (χ3n) is 9.34.